The van der Waals surface area contributed by atoms with Gasteiger partial charge < -0.3 is 4.74 Å². The largest absolute Gasteiger partial charge is 0.444 e. The van der Waals surface area contributed by atoms with Crippen LogP contribution in [-0.2, 0) is 16.1 Å². The van der Waals surface area contributed by atoms with Gasteiger partial charge in [0.25, 0.3) is 0 Å². The van der Waals surface area contributed by atoms with E-state index in [-0.39, 0.29) is 18.5 Å². The van der Waals surface area contributed by atoms with Crippen LogP contribution in [0, 0.1) is 0 Å². The Morgan fingerprint density at radius 2 is 2.00 bits per heavy atom. The molecule has 4 nitrogen and oxygen atoms in total. The van der Waals surface area contributed by atoms with E-state index >= 15 is 0 Å². The van der Waals surface area contributed by atoms with Crippen LogP contribution in [0.1, 0.15) is 38.7 Å². The van der Waals surface area contributed by atoms with Crippen LogP contribution in [-0.4, -0.2) is 23.3 Å². The van der Waals surface area contributed by atoms with Crippen LogP contribution in [0.2, 0.25) is 0 Å². The SMILES string of the molecule is CCC1=C(C)C(=O)CCCN1C(=O)OCc1ccccc1. The highest BCUT2D eigenvalue weighted by Crippen LogP contribution is 2.22. The van der Waals surface area contributed by atoms with Gasteiger partial charge in [0.1, 0.15) is 6.61 Å². The van der Waals surface area contributed by atoms with E-state index in [1.807, 2.05) is 37.3 Å². The maximum absolute atomic E-state index is 12.3. The van der Waals surface area contributed by atoms with E-state index < -0.39 is 0 Å². The van der Waals surface area contributed by atoms with Crippen molar-refractivity contribution in [2.45, 2.75) is 39.7 Å². The summed E-state index contributed by atoms with van der Waals surface area (Å²) >= 11 is 0. The lowest BCUT2D eigenvalue weighted by Crippen LogP contribution is -2.31. The molecule has 1 aliphatic heterocycles. The van der Waals surface area contributed by atoms with E-state index in [0.29, 0.717) is 31.4 Å². The Labute approximate surface area is 125 Å². The number of benzene rings is 1. The van der Waals surface area contributed by atoms with E-state index in [0.717, 1.165) is 11.3 Å². The molecule has 1 heterocycles. The van der Waals surface area contributed by atoms with E-state index in [1.54, 1.807) is 11.8 Å². The summed E-state index contributed by atoms with van der Waals surface area (Å²) in [5.74, 6) is 0.130. The molecule has 0 spiro atoms. The quantitative estimate of drug-likeness (QED) is 0.852. The molecule has 0 fully saturated rings. The molecule has 1 aliphatic rings. The fourth-order valence-electron chi connectivity index (χ4n) is 2.54. The summed E-state index contributed by atoms with van der Waals surface area (Å²) in [4.78, 5) is 25.8. The van der Waals surface area contributed by atoms with Crippen LogP contribution >= 0.6 is 0 Å². The second kappa shape index (κ2) is 7.07. The van der Waals surface area contributed by atoms with E-state index in [2.05, 4.69) is 0 Å². The van der Waals surface area contributed by atoms with Gasteiger partial charge in [-0.3, -0.25) is 9.69 Å². The average Bonchev–Trinajstić information content (AvgIpc) is 2.65. The number of hydrogen-bond donors (Lipinski definition) is 0. The zero-order valence-corrected chi connectivity index (χ0v) is 12.6. The number of amides is 1. The van der Waals surface area contributed by atoms with Crippen LogP contribution in [0.4, 0.5) is 4.79 Å². The molecular formula is C17H21NO3. The molecule has 0 atom stereocenters. The number of carbonyl (C=O) groups excluding carboxylic acids is 2. The number of ether oxygens (including phenoxy) is 1. The Hall–Kier alpha value is -2.10. The van der Waals surface area contributed by atoms with Gasteiger partial charge in [-0.25, -0.2) is 4.79 Å². The molecule has 0 saturated heterocycles. The van der Waals surface area contributed by atoms with Crippen LogP contribution in [0.5, 0.6) is 0 Å². The Balaban J connectivity index is 2.08. The number of allylic oxidation sites excluding steroid dienone is 2. The molecule has 0 aromatic heterocycles. The molecule has 0 saturated carbocycles. The topological polar surface area (TPSA) is 46.6 Å². The molecule has 112 valence electrons. The molecular weight excluding hydrogens is 266 g/mol. The van der Waals surface area contributed by atoms with Crippen molar-refractivity contribution in [3.63, 3.8) is 0 Å². The minimum Gasteiger partial charge on any atom is -0.444 e. The Morgan fingerprint density at radius 1 is 1.29 bits per heavy atom. The van der Waals surface area contributed by atoms with E-state index in [9.17, 15) is 9.59 Å². The first kappa shape index (κ1) is 15.3. The molecule has 0 radical (unpaired) electrons. The maximum atomic E-state index is 12.3. The number of carbonyl (C=O) groups is 2. The van der Waals surface area contributed by atoms with Gasteiger partial charge in [-0.05, 0) is 25.3 Å². The van der Waals surface area contributed by atoms with Gasteiger partial charge in [0.05, 0.1) is 0 Å². The highest BCUT2D eigenvalue weighted by molar-refractivity contribution is 5.96. The lowest BCUT2D eigenvalue weighted by atomic mass is 10.1. The third-order valence-electron chi connectivity index (χ3n) is 3.72. The summed E-state index contributed by atoms with van der Waals surface area (Å²) < 4.78 is 5.38. The van der Waals surface area contributed by atoms with Gasteiger partial charge in [0.2, 0.25) is 0 Å². The Morgan fingerprint density at radius 3 is 2.67 bits per heavy atom. The van der Waals surface area contributed by atoms with Crippen molar-refractivity contribution >= 4 is 11.9 Å². The molecule has 0 aliphatic carbocycles. The molecule has 2 rings (SSSR count). The van der Waals surface area contributed by atoms with Crippen molar-refractivity contribution in [2.24, 2.45) is 0 Å². The highest BCUT2D eigenvalue weighted by Gasteiger charge is 2.25. The summed E-state index contributed by atoms with van der Waals surface area (Å²) in [6, 6.07) is 9.58. The number of ketones is 1. The molecule has 0 unspecified atom stereocenters. The average molecular weight is 287 g/mol. The van der Waals surface area contributed by atoms with Crippen molar-refractivity contribution in [3.05, 3.63) is 47.2 Å². The van der Waals surface area contributed by atoms with Crippen molar-refractivity contribution in [1.82, 2.24) is 4.90 Å². The van der Waals surface area contributed by atoms with Gasteiger partial charge in [-0.15, -0.1) is 0 Å². The first-order valence-corrected chi connectivity index (χ1v) is 7.34. The smallest absolute Gasteiger partial charge is 0.414 e. The van der Waals surface area contributed by atoms with Crippen LogP contribution in [0.15, 0.2) is 41.6 Å². The standard InChI is InChI=1S/C17H21NO3/c1-3-15-13(2)16(19)10-7-11-18(15)17(20)21-12-14-8-5-4-6-9-14/h4-6,8-9H,3,7,10-12H2,1-2H3. The first-order chi connectivity index (χ1) is 10.1. The van der Waals surface area contributed by atoms with Gasteiger partial charge >= 0.3 is 6.09 Å². The lowest BCUT2D eigenvalue weighted by molar-refractivity contribution is -0.115. The van der Waals surface area contributed by atoms with Gasteiger partial charge in [-0.2, -0.15) is 0 Å². The Kier molecular flexibility index (Phi) is 5.14. The molecule has 1 aromatic rings. The fraction of sp³-hybridized carbons (Fsp3) is 0.412. The number of Topliss-reactive ketones (excluding diaryl/α,β-unsaturated/α-hetero) is 1. The maximum Gasteiger partial charge on any atom is 0.414 e. The summed E-state index contributed by atoms with van der Waals surface area (Å²) in [5.41, 5.74) is 2.43. The predicted molar refractivity (Wildman–Crippen MR) is 80.6 cm³/mol. The number of rotatable bonds is 3. The lowest BCUT2D eigenvalue weighted by Gasteiger charge is -2.23. The third-order valence-corrected chi connectivity index (χ3v) is 3.72. The molecule has 0 N–H and O–H groups in total. The van der Waals surface area contributed by atoms with E-state index in [4.69, 9.17) is 4.74 Å². The number of nitrogens with zero attached hydrogens (tertiary/aromatic N) is 1. The normalized spacial score (nSPS) is 15.9. The first-order valence-electron chi connectivity index (χ1n) is 7.34. The second-order valence-corrected chi connectivity index (χ2v) is 5.14. The predicted octanol–water partition coefficient (Wildman–Crippen LogP) is 3.67. The van der Waals surface area contributed by atoms with Crippen molar-refractivity contribution in [1.29, 1.82) is 0 Å². The highest BCUT2D eigenvalue weighted by atomic mass is 16.6. The number of hydrogen-bond acceptors (Lipinski definition) is 3. The van der Waals surface area contributed by atoms with Crippen LogP contribution < -0.4 is 0 Å². The fourth-order valence-corrected chi connectivity index (χ4v) is 2.54. The summed E-state index contributed by atoms with van der Waals surface area (Å²) in [6.07, 6.45) is 1.46. The summed E-state index contributed by atoms with van der Waals surface area (Å²) in [5, 5.41) is 0. The monoisotopic (exact) mass is 287 g/mol. The van der Waals surface area contributed by atoms with Gasteiger partial charge in [0, 0.05) is 24.2 Å². The summed E-state index contributed by atoms with van der Waals surface area (Å²) in [6.45, 7) is 4.54. The zero-order chi connectivity index (χ0) is 15.2. The molecule has 21 heavy (non-hydrogen) atoms. The van der Waals surface area contributed by atoms with Crippen molar-refractivity contribution < 1.29 is 14.3 Å². The Bertz CT molecular complexity index is 548. The zero-order valence-electron chi connectivity index (χ0n) is 12.6. The van der Waals surface area contributed by atoms with Crippen LogP contribution in [0.25, 0.3) is 0 Å². The molecule has 1 aromatic carbocycles. The van der Waals surface area contributed by atoms with Gasteiger partial charge in [0.15, 0.2) is 5.78 Å². The van der Waals surface area contributed by atoms with E-state index in [1.165, 1.54) is 0 Å². The summed E-state index contributed by atoms with van der Waals surface area (Å²) in [7, 11) is 0. The third kappa shape index (κ3) is 3.72. The van der Waals surface area contributed by atoms with Crippen LogP contribution in [0.3, 0.4) is 0 Å². The molecule has 4 heteroatoms. The molecule has 1 amide bonds. The van der Waals surface area contributed by atoms with Crippen molar-refractivity contribution in [3.8, 4) is 0 Å². The second-order valence-electron chi connectivity index (χ2n) is 5.14. The minimum atomic E-state index is -0.371. The minimum absolute atomic E-state index is 0.130. The van der Waals surface area contributed by atoms with Gasteiger partial charge in [-0.1, -0.05) is 37.3 Å². The van der Waals surface area contributed by atoms with Crippen molar-refractivity contribution in [2.75, 3.05) is 6.54 Å². The molecule has 0 bridgehead atoms.